The zero-order valence-electron chi connectivity index (χ0n) is 21.9. The number of halogens is 2. The minimum absolute atomic E-state index is 0.0573. The summed E-state index contributed by atoms with van der Waals surface area (Å²) < 4.78 is 12.6. The van der Waals surface area contributed by atoms with Crippen molar-refractivity contribution in [2.45, 2.75) is 25.2 Å². The number of carboxylic acids is 1. The molecule has 4 rings (SSSR count). The predicted molar refractivity (Wildman–Crippen MR) is 164 cm³/mol. The van der Waals surface area contributed by atoms with Crippen LogP contribution in [0.2, 0.25) is 0 Å². The van der Waals surface area contributed by atoms with Crippen LogP contribution in [0.4, 0.5) is 21.0 Å². The highest BCUT2D eigenvalue weighted by Gasteiger charge is 2.30. The molecule has 0 aliphatic carbocycles. The highest BCUT2D eigenvalue weighted by Crippen LogP contribution is 2.38. The van der Waals surface area contributed by atoms with Crippen LogP contribution in [-0.2, 0) is 10.2 Å². The fraction of sp³-hybridized carbons (Fsp3) is 0.129. The predicted octanol–water partition coefficient (Wildman–Crippen LogP) is 8.60. The van der Waals surface area contributed by atoms with Crippen molar-refractivity contribution in [3.63, 3.8) is 0 Å². The van der Waals surface area contributed by atoms with E-state index in [1.54, 1.807) is 97.1 Å². The smallest absolute Gasteiger partial charge is 0.417 e. The second-order valence-corrected chi connectivity index (χ2v) is 11.1. The first-order valence-electron chi connectivity index (χ1n) is 12.5. The first-order valence-corrected chi connectivity index (χ1v) is 14.1. The van der Waals surface area contributed by atoms with Gasteiger partial charge in [-0.1, -0.05) is 63.0 Å². The van der Waals surface area contributed by atoms with Crippen molar-refractivity contribution in [1.82, 2.24) is 0 Å². The van der Waals surface area contributed by atoms with Gasteiger partial charge in [0.25, 0.3) is 0 Å². The lowest BCUT2D eigenvalue weighted by Gasteiger charge is -2.31. The third kappa shape index (κ3) is 8.42. The maximum absolute atomic E-state index is 12.3. The Kier molecular flexibility index (Phi) is 9.80. The fourth-order valence-electron chi connectivity index (χ4n) is 4.16. The fourth-order valence-corrected chi connectivity index (χ4v) is 4.69. The van der Waals surface area contributed by atoms with Crippen molar-refractivity contribution in [3.8, 4) is 11.5 Å². The molecular formula is C31H26Br2N2O6. The summed E-state index contributed by atoms with van der Waals surface area (Å²) in [5, 5.41) is 14.7. The molecule has 0 unspecified atom stereocenters. The highest BCUT2D eigenvalue weighted by molar-refractivity contribution is 9.10. The van der Waals surface area contributed by atoms with Gasteiger partial charge in [-0.25, -0.2) is 9.59 Å². The summed E-state index contributed by atoms with van der Waals surface area (Å²) in [6.07, 6.45) is -1.00. The van der Waals surface area contributed by atoms with Crippen LogP contribution in [-0.4, -0.2) is 23.3 Å². The number of rotatable bonds is 9. The Balaban J connectivity index is 1.46. The van der Waals surface area contributed by atoms with Gasteiger partial charge in [-0.2, -0.15) is 0 Å². The molecular weight excluding hydrogens is 656 g/mol. The van der Waals surface area contributed by atoms with Crippen molar-refractivity contribution in [3.05, 3.63) is 117 Å². The molecule has 8 nitrogen and oxygen atoms in total. The molecule has 0 saturated heterocycles. The molecule has 0 heterocycles. The molecule has 0 fully saturated rings. The SMILES string of the molecule is CC(CCC(=O)O)(c1ccc(OC(=O)Nc2ccc(Br)cc2)cc1)c1ccc(OC(=O)Nc2ccc(Br)cc2)cc1. The Labute approximate surface area is 253 Å². The van der Waals surface area contributed by atoms with Crippen molar-refractivity contribution >= 4 is 61.4 Å². The number of amides is 2. The van der Waals surface area contributed by atoms with Crippen LogP contribution < -0.4 is 20.1 Å². The van der Waals surface area contributed by atoms with Crippen LogP contribution in [0.3, 0.4) is 0 Å². The zero-order valence-corrected chi connectivity index (χ0v) is 25.1. The number of anilines is 2. The summed E-state index contributed by atoms with van der Waals surface area (Å²) >= 11 is 6.70. The van der Waals surface area contributed by atoms with E-state index < -0.39 is 23.6 Å². The molecule has 2 amide bonds. The maximum atomic E-state index is 12.3. The average Bonchev–Trinajstić information content (AvgIpc) is 2.95. The zero-order chi connectivity index (χ0) is 29.4. The summed E-state index contributed by atoms with van der Waals surface area (Å²) in [4.78, 5) is 36.1. The van der Waals surface area contributed by atoms with Gasteiger partial charge in [-0.05, 0) is 90.3 Å². The number of carboxylic acid groups (broad SMARTS) is 1. The number of aliphatic carboxylic acids is 1. The Morgan fingerprint density at radius 2 is 1.02 bits per heavy atom. The number of nitrogens with one attached hydrogen (secondary N) is 2. The number of benzene rings is 4. The summed E-state index contributed by atoms with van der Waals surface area (Å²) in [6.45, 7) is 1.95. The van der Waals surface area contributed by atoms with Crippen molar-refractivity contribution in [2.24, 2.45) is 0 Å². The van der Waals surface area contributed by atoms with E-state index in [1.165, 1.54) is 0 Å². The second-order valence-electron chi connectivity index (χ2n) is 9.32. The lowest BCUT2D eigenvalue weighted by molar-refractivity contribution is -0.137. The normalized spacial score (nSPS) is 10.9. The van der Waals surface area contributed by atoms with Gasteiger partial charge in [0.15, 0.2) is 0 Å². The van der Waals surface area contributed by atoms with E-state index in [0.29, 0.717) is 29.3 Å². The van der Waals surface area contributed by atoms with Crippen LogP contribution in [0, 0.1) is 0 Å². The molecule has 210 valence electrons. The topological polar surface area (TPSA) is 114 Å². The van der Waals surface area contributed by atoms with Gasteiger partial charge >= 0.3 is 18.2 Å². The number of carbonyl (C=O) groups is 3. The van der Waals surface area contributed by atoms with E-state index in [4.69, 9.17) is 9.47 Å². The van der Waals surface area contributed by atoms with E-state index in [0.717, 1.165) is 20.1 Å². The van der Waals surface area contributed by atoms with E-state index in [1.807, 2.05) is 6.92 Å². The van der Waals surface area contributed by atoms with E-state index in [2.05, 4.69) is 42.5 Å². The standard InChI is InChI=1S/C31H26Br2N2O6/c1-31(19-18-28(36)37,20-2-14-26(15-3-20)40-29(38)34-24-10-6-22(32)7-11-24)21-4-16-27(17-5-21)41-30(39)35-25-12-8-23(33)9-13-25/h2-17H,18-19H2,1H3,(H,34,38)(H,35,39)(H,36,37). The molecule has 3 N–H and O–H groups in total. The van der Waals surface area contributed by atoms with E-state index in [9.17, 15) is 19.5 Å². The molecule has 0 spiro atoms. The molecule has 10 heteroatoms. The Morgan fingerprint density at radius 1 is 0.659 bits per heavy atom. The van der Waals surface area contributed by atoms with Crippen LogP contribution in [0.25, 0.3) is 0 Å². The molecule has 0 aliphatic heterocycles. The molecule has 0 saturated carbocycles. The van der Waals surface area contributed by atoms with E-state index >= 15 is 0 Å². The van der Waals surface area contributed by atoms with Crippen LogP contribution in [0.1, 0.15) is 30.9 Å². The van der Waals surface area contributed by atoms with Gasteiger partial charge in [-0.15, -0.1) is 0 Å². The largest absolute Gasteiger partial charge is 0.481 e. The average molecular weight is 682 g/mol. The molecule has 0 atom stereocenters. The lowest BCUT2D eigenvalue weighted by Crippen LogP contribution is -2.25. The monoisotopic (exact) mass is 680 g/mol. The van der Waals surface area contributed by atoms with Gasteiger partial charge in [0.1, 0.15) is 11.5 Å². The number of hydrogen-bond acceptors (Lipinski definition) is 5. The lowest BCUT2D eigenvalue weighted by atomic mass is 9.73. The number of ether oxygens (including phenoxy) is 2. The summed E-state index contributed by atoms with van der Waals surface area (Å²) in [5.74, 6) is -0.237. The Bertz CT molecular complexity index is 1400. The maximum Gasteiger partial charge on any atom is 0.417 e. The summed E-state index contributed by atoms with van der Waals surface area (Å²) in [7, 11) is 0. The first-order chi connectivity index (χ1) is 19.6. The Morgan fingerprint density at radius 3 is 1.37 bits per heavy atom. The third-order valence-electron chi connectivity index (χ3n) is 6.42. The van der Waals surface area contributed by atoms with Crippen molar-refractivity contribution in [1.29, 1.82) is 0 Å². The van der Waals surface area contributed by atoms with Gasteiger partial charge in [0.2, 0.25) is 0 Å². The molecule has 4 aromatic rings. The molecule has 4 aromatic carbocycles. The van der Waals surface area contributed by atoms with Crippen LogP contribution in [0.5, 0.6) is 11.5 Å². The summed E-state index contributed by atoms with van der Waals surface area (Å²) in [5.41, 5.74) is 2.17. The summed E-state index contributed by atoms with van der Waals surface area (Å²) in [6, 6.07) is 28.1. The van der Waals surface area contributed by atoms with Crippen molar-refractivity contribution < 1.29 is 29.0 Å². The molecule has 0 bridgehead atoms. The molecule has 0 aromatic heterocycles. The Hall–Kier alpha value is -4.15. The number of hydrogen-bond donors (Lipinski definition) is 3. The minimum atomic E-state index is -0.912. The quantitative estimate of drug-likeness (QED) is 0.163. The minimum Gasteiger partial charge on any atom is -0.481 e. The van der Waals surface area contributed by atoms with Crippen LogP contribution in [0.15, 0.2) is 106 Å². The highest BCUT2D eigenvalue weighted by atomic mass is 79.9. The first kappa shape index (κ1) is 29.8. The molecule has 0 aliphatic rings. The van der Waals surface area contributed by atoms with Crippen LogP contribution >= 0.6 is 31.9 Å². The van der Waals surface area contributed by atoms with Gasteiger partial charge < -0.3 is 14.6 Å². The van der Waals surface area contributed by atoms with E-state index in [-0.39, 0.29) is 6.42 Å². The third-order valence-corrected chi connectivity index (χ3v) is 7.48. The van der Waals surface area contributed by atoms with Gasteiger partial charge in [0.05, 0.1) is 0 Å². The molecule has 41 heavy (non-hydrogen) atoms. The van der Waals surface area contributed by atoms with Crippen molar-refractivity contribution in [2.75, 3.05) is 10.6 Å². The van der Waals surface area contributed by atoms with Gasteiger partial charge in [0, 0.05) is 32.2 Å². The van der Waals surface area contributed by atoms with Gasteiger partial charge in [-0.3, -0.25) is 15.4 Å². The second kappa shape index (κ2) is 13.5. The molecule has 0 radical (unpaired) electrons. The number of carbonyl (C=O) groups excluding carboxylic acids is 2.